The first kappa shape index (κ1) is 15.5. The second-order valence-corrected chi connectivity index (χ2v) is 5.67. The van der Waals surface area contributed by atoms with Gasteiger partial charge in [0.25, 0.3) is 0 Å². The first-order chi connectivity index (χ1) is 11.1. The lowest BCUT2D eigenvalue weighted by Crippen LogP contribution is -2.40. The molecule has 23 heavy (non-hydrogen) atoms. The molecule has 0 bridgehead atoms. The van der Waals surface area contributed by atoms with Gasteiger partial charge in [0.1, 0.15) is 11.6 Å². The van der Waals surface area contributed by atoms with Crippen molar-refractivity contribution in [3.8, 4) is 0 Å². The molecular weight excluding hydrogens is 292 g/mol. The Morgan fingerprint density at radius 1 is 1.39 bits per heavy atom. The number of rotatable bonds is 3. The summed E-state index contributed by atoms with van der Waals surface area (Å²) in [5.74, 6) is 2.67. The fourth-order valence-corrected chi connectivity index (χ4v) is 3.10. The zero-order valence-electron chi connectivity index (χ0n) is 13.7. The van der Waals surface area contributed by atoms with Crippen LogP contribution in [0.25, 0.3) is 0 Å². The molecule has 0 amide bonds. The summed E-state index contributed by atoms with van der Waals surface area (Å²) < 4.78 is 10.8. The van der Waals surface area contributed by atoms with E-state index in [1.165, 1.54) is 0 Å². The van der Waals surface area contributed by atoms with E-state index in [0.717, 1.165) is 35.8 Å². The Hall–Kier alpha value is -2.43. The predicted octanol–water partition coefficient (Wildman–Crippen LogP) is 1.57. The first-order valence-electron chi connectivity index (χ1n) is 7.62. The lowest BCUT2D eigenvalue weighted by molar-refractivity contribution is 0.221. The third-order valence-corrected chi connectivity index (χ3v) is 4.23. The molecule has 1 unspecified atom stereocenters. The van der Waals surface area contributed by atoms with Crippen LogP contribution in [0.2, 0.25) is 0 Å². The Labute approximate surface area is 136 Å². The first-order valence-corrected chi connectivity index (χ1v) is 7.62. The van der Waals surface area contributed by atoms with Gasteiger partial charge in [-0.2, -0.15) is 0 Å². The van der Waals surface area contributed by atoms with E-state index in [4.69, 9.17) is 15.2 Å². The molecule has 0 aromatic carbocycles. The summed E-state index contributed by atoms with van der Waals surface area (Å²) in [6.07, 6.45) is 9.28. The second kappa shape index (κ2) is 6.36. The molecule has 6 heteroatoms. The standard InChI is InChI=1S/C17H22N4O2/c1-21-17-15(14(18)6-4-5-7-19-17)16(20-21)11-8-12(22-2)10-13(9-11)23-3/h4,7-8,10-11,16,20H,5,9,18H2,1-3H3/b19-7-/t6?,11-,16?/m1/s1. The molecule has 0 spiro atoms. The zero-order chi connectivity index (χ0) is 16.4. The van der Waals surface area contributed by atoms with Crippen molar-refractivity contribution in [3.63, 3.8) is 0 Å². The van der Waals surface area contributed by atoms with E-state index in [-0.39, 0.29) is 12.0 Å². The minimum absolute atomic E-state index is 0.00449. The minimum atomic E-state index is -0.00449. The van der Waals surface area contributed by atoms with Crippen molar-refractivity contribution in [2.24, 2.45) is 16.6 Å². The van der Waals surface area contributed by atoms with Gasteiger partial charge in [-0.05, 0) is 12.2 Å². The van der Waals surface area contributed by atoms with Crippen molar-refractivity contribution in [2.75, 3.05) is 21.3 Å². The second-order valence-electron chi connectivity index (χ2n) is 5.67. The van der Waals surface area contributed by atoms with Crippen LogP contribution in [0.4, 0.5) is 0 Å². The SMILES string of the molecule is COC1=C[C@@H](C2NN(C)C3=C2C(N)=C=CC/C=N\3)CC(OC)=C1. The van der Waals surface area contributed by atoms with Gasteiger partial charge in [0, 0.05) is 43.7 Å². The molecule has 0 saturated carbocycles. The van der Waals surface area contributed by atoms with Crippen LogP contribution in [-0.2, 0) is 9.47 Å². The van der Waals surface area contributed by atoms with E-state index < -0.39 is 0 Å². The van der Waals surface area contributed by atoms with Gasteiger partial charge in [0.15, 0.2) is 0 Å². The van der Waals surface area contributed by atoms with E-state index in [1.54, 1.807) is 14.2 Å². The zero-order valence-corrected chi connectivity index (χ0v) is 13.7. The van der Waals surface area contributed by atoms with Crippen LogP contribution in [0.1, 0.15) is 12.8 Å². The maximum absolute atomic E-state index is 6.26. The van der Waals surface area contributed by atoms with Crippen LogP contribution in [0.5, 0.6) is 0 Å². The number of hydrazine groups is 1. The Morgan fingerprint density at radius 3 is 2.96 bits per heavy atom. The minimum Gasteiger partial charge on any atom is -0.501 e. The van der Waals surface area contributed by atoms with Crippen LogP contribution in [0, 0.1) is 5.92 Å². The highest BCUT2D eigenvalue weighted by molar-refractivity contribution is 5.63. The summed E-state index contributed by atoms with van der Waals surface area (Å²) in [6.45, 7) is 0. The Morgan fingerprint density at radius 2 is 2.22 bits per heavy atom. The van der Waals surface area contributed by atoms with Crippen LogP contribution in [0.15, 0.2) is 57.6 Å². The number of hydrogen-bond acceptors (Lipinski definition) is 6. The lowest BCUT2D eigenvalue weighted by Gasteiger charge is -2.27. The topological polar surface area (TPSA) is 72.1 Å². The van der Waals surface area contributed by atoms with Crippen molar-refractivity contribution in [1.29, 1.82) is 0 Å². The molecule has 3 aliphatic rings. The van der Waals surface area contributed by atoms with Gasteiger partial charge < -0.3 is 15.2 Å². The fraction of sp³-hybridized carbons (Fsp3) is 0.412. The summed E-state index contributed by atoms with van der Waals surface area (Å²) >= 11 is 0. The molecule has 1 aliphatic carbocycles. The highest BCUT2D eigenvalue weighted by Gasteiger charge is 2.37. The molecule has 0 aromatic rings. The third-order valence-electron chi connectivity index (χ3n) is 4.23. The molecule has 2 aliphatic heterocycles. The Balaban J connectivity index is 1.99. The summed E-state index contributed by atoms with van der Waals surface area (Å²) in [6, 6.07) is -0.00449. The molecule has 2 atom stereocenters. The van der Waals surface area contributed by atoms with E-state index in [1.807, 2.05) is 30.4 Å². The highest BCUT2D eigenvalue weighted by Crippen LogP contribution is 2.35. The number of aliphatic imine (C=N–C) groups is 1. The molecule has 2 heterocycles. The van der Waals surface area contributed by atoms with Crippen molar-refractivity contribution in [1.82, 2.24) is 10.4 Å². The average Bonchev–Trinajstić information content (AvgIpc) is 2.88. The lowest BCUT2D eigenvalue weighted by atomic mass is 9.86. The quantitative estimate of drug-likeness (QED) is 0.774. The number of nitrogens with two attached hydrogens (primary N) is 1. The molecule has 6 nitrogen and oxygen atoms in total. The third kappa shape index (κ3) is 2.91. The number of nitrogens with zero attached hydrogens (tertiary/aromatic N) is 2. The largest absolute Gasteiger partial charge is 0.501 e. The van der Waals surface area contributed by atoms with Gasteiger partial charge in [-0.3, -0.25) is 5.01 Å². The molecule has 0 saturated heterocycles. The summed E-state index contributed by atoms with van der Waals surface area (Å²) in [5, 5.41) is 1.92. The predicted molar refractivity (Wildman–Crippen MR) is 88.9 cm³/mol. The van der Waals surface area contributed by atoms with Crippen molar-refractivity contribution >= 4 is 6.21 Å². The number of hydrogen-bond donors (Lipinski definition) is 2. The summed E-state index contributed by atoms with van der Waals surface area (Å²) in [5.41, 5.74) is 14.5. The molecular formula is C17H22N4O2. The van der Waals surface area contributed by atoms with E-state index in [2.05, 4.69) is 22.2 Å². The summed E-state index contributed by atoms with van der Waals surface area (Å²) in [4.78, 5) is 4.55. The Bertz CT molecular complexity index is 681. The smallest absolute Gasteiger partial charge is 0.149 e. The molecule has 0 fully saturated rings. The fourth-order valence-electron chi connectivity index (χ4n) is 3.10. The molecule has 122 valence electrons. The van der Waals surface area contributed by atoms with Gasteiger partial charge >= 0.3 is 0 Å². The van der Waals surface area contributed by atoms with Crippen LogP contribution in [0.3, 0.4) is 0 Å². The number of allylic oxidation sites excluding steroid dienone is 2. The monoisotopic (exact) mass is 314 g/mol. The molecule has 3 N–H and O–H groups in total. The van der Waals surface area contributed by atoms with Crippen LogP contribution in [-0.4, -0.2) is 38.5 Å². The number of nitrogens with one attached hydrogen (secondary N) is 1. The van der Waals surface area contributed by atoms with Crippen LogP contribution >= 0.6 is 0 Å². The van der Waals surface area contributed by atoms with E-state index in [0.29, 0.717) is 5.70 Å². The maximum Gasteiger partial charge on any atom is 0.149 e. The Kier molecular flexibility index (Phi) is 4.28. The highest BCUT2D eigenvalue weighted by atomic mass is 16.5. The van der Waals surface area contributed by atoms with Gasteiger partial charge in [-0.1, -0.05) is 5.73 Å². The van der Waals surface area contributed by atoms with E-state index in [9.17, 15) is 0 Å². The van der Waals surface area contributed by atoms with Crippen molar-refractivity contribution in [2.45, 2.75) is 18.9 Å². The average molecular weight is 314 g/mol. The van der Waals surface area contributed by atoms with Crippen molar-refractivity contribution in [3.05, 3.63) is 52.6 Å². The van der Waals surface area contributed by atoms with Gasteiger partial charge in [-0.25, -0.2) is 10.4 Å². The summed E-state index contributed by atoms with van der Waals surface area (Å²) in [7, 11) is 5.29. The van der Waals surface area contributed by atoms with Crippen LogP contribution < -0.4 is 11.2 Å². The molecule has 0 radical (unpaired) electrons. The van der Waals surface area contributed by atoms with Gasteiger partial charge in [0.05, 0.1) is 31.7 Å². The maximum atomic E-state index is 6.26. The number of ether oxygens (including phenoxy) is 2. The van der Waals surface area contributed by atoms with Gasteiger partial charge in [-0.15, -0.1) is 0 Å². The molecule has 3 rings (SSSR count). The molecule has 0 aromatic heterocycles. The number of methoxy groups -OCH3 is 2. The van der Waals surface area contributed by atoms with E-state index >= 15 is 0 Å². The van der Waals surface area contributed by atoms with Gasteiger partial charge in [0.2, 0.25) is 0 Å². The van der Waals surface area contributed by atoms with Crippen molar-refractivity contribution < 1.29 is 9.47 Å². The normalized spacial score (nSPS) is 28.3.